The molecule has 1 atom stereocenters. The monoisotopic (exact) mass is 752 g/mol. The number of amides is 2. The van der Waals surface area contributed by atoms with E-state index in [1.807, 2.05) is 134 Å². The molecular weight excluding hydrogens is 712 g/mol. The average Bonchev–Trinajstić information content (AvgIpc) is 3.25. The van der Waals surface area contributed by atoms with Gasteiger partial charge in [0.15, 0.2) is 11.3 Å². The van der Waals surface area contributed by atoms with Gasteiger partial charge in [0.2, 0.25) is 11.8 Å². The van der Waals surface area contributed by atoms with Crippen LogP contribution in [-0.2, 0) is 22.4 Å². The molecule has 0 aliphatic heterocycles. The van der Waals surface area contributed by atoms with Crippen LogP contribution in [0.4, 0.5) is 4.39 Å². The Kier molecular flexibility index (Phi) is 11.8. The number of nitrogens with one attached hydrogen (secondary N) is 2. The van der Waals surface area contributed by atoms with Gasteiger partial charge in [0.1, 0.15) is 5.82 Å². The lowest BCUT2D eigenvalue weighted by Crippen LogP contribution is -2.28. The molecule has 0 fully saturated rings. The fourth-order valence-electron chi connectivity index (χ4n) is 6.44. The molecule has 9 heteroatoms. The molecule has 0 saturated heterocycles. The van der Waals surface area contributed by atoms with Gasteiger partial charge in [-0.15, -0.1) is 0 Å². The number of benzene rings is 4. The summed E-state index contributed by atoms with van der Waals surface area (Å²) in [6.45, 7) is 3.73. The average molecular weight is 753 g/mol. The molecule has 4 aromatic carbocycles. The lowest BCUT2D eigenvalue weighted by molar-refractivity contribution is -0.121. The summed E-state index contributed by atoms with van der Waals surface area (Å²) in [6, 6.07) is 44.5. The van der Waals surface area contributed by atoms with Gasteiger partial charge in [0.25, 0.3) is 0 Å². The maximum atomic E-state index is 13.6. The van der Waals surface area contributed by atoms with E-state index in [0.29, 0.717) is 24.1 Å². The highest BCUT2D eigenvalue weighted by Gasteiger charge is 2.12. The van der Waals surface area contributed by atoms with Crippen LogP contribution in [0, 0.1) is 12.7 Å². The van der Waals surface area contributed by atoms with Crippen LogP contribution in [0.15, 0.2) is 152 Å². The minimum absolute atomic E-state index is 0.00998. The number of aromatic nitrogens is 4. The molecular formula is C48H41FN6O2. The highest BCUT2D eigenvalue weighted by atomic mass is 19.1. The Hall–Kier alpha value is -7.13. The number of fused-ring (bicyclic) bond motifs is 2. The number of pyridine rings is 4. The summed E-state index contributed by atoms with van der Waals surface area (Å²) in [6.07, 6.45) is 4.17. The highest BCUT2D eigenvalue weighted by molar-refractivity contribution is 5.81. The Labute approximate surface area is 330 Å². The zero-order valence-electron chi connectivity index (χ0n) is 31.9. The Morgan fingerprint density at radius 2 is 1.09 bits per heavy atom. The predicted molar refractivity (Wildman–Crippen MR) is 225 cm³/mol. The molecule has 0 spiro atoms. The molecule has 0 unspecified atom stereocenters. The standard InChI is InChI=1S/C31H26FN3O.C17H15N3O/c1-20-18-27(13-15-28(20)32)24-11-9-23(10-12-24)21(2)34-30(36)19-22-5-7-25(8-6-22)29-16-14-26-4-3-17-33-31(26)35-29;1-18-16(21)11-12-4-6-13(7-5-12)15-9-8-14-3-2-10-19-17(14)20-15/h3-18,21H,19H2,1-2H3,(H,34,36);2-10H,11H2,1H3,(H,18,21)/t21-;/m0./s1. The molecule has 8 rings (SSSR count). The van der Waals surface area contributed by atoms with Crippen LogP contribution in [0.2, 0.25) is 0 Å². The van der Waals surface area contributed by atoms with Gasteiger partial charge in [-0.3, -0.25) is 9.59 Å². The Balaban J connectivity index is 0.000000200. The minimum Gasteiger partial charge on any atom is -0.359 e. The maximum absolute atomic E-state index is 13.6. The minimum atomic E-state index is -0.205. The van der Waals surface area contributed by atoms with E-state index in [0.717, 1.165) is 66.8 Å². The van der Waals surface area contributed by atoms with E-state index >= 15 is 0 Å². The fraction of sp³-hybridized carbons (Fsp3) is 0.125. The lowest BCUT2D eigenvalue weighted by atomic mass is 10.00. The zero-order chi connectivity index (χ0) is 39.7. The molecule has 57 heavy (non-hydrogen) atoms. The second-order valence-electron chi connectivity index (χ2n) is 13.8. The number of nitrogens with zero attached hydrogens (tertiary/aromatic N) is 4. The van der Waals surface area contributed by atoms with Crippen molar-refractivity contribution in [3.63, 3.8) is 0 Å². The van der Waals surface area contributed by atoms with Crippen LogP contribution in [0.25, 0.3) is 55.7 Å². The molecule has 4 heterocycles. The van der Waals surface area contributed by atoms with Crippen LogP contribution < -0.4 is 10.6 Å². The highest BCUT2D eigenvalue weighted by Crippen LogP contribution is 2.25. The molecule has 0 radical (unpaired) electrons. The number of carbonyl (C=O) groups is 2. The van der Waals surface area contributed by atoms with Gasteiger partial charge in [0.05, 0.1) is 30.3 Å². The van der Waals surface area contributed by atoms with Crippen molar-refractivity contribution >= 4 is 33.9 Å². The topological polar surface area (TPSA) is 110 Å². The summed E-state index contributed by atoms with van der Waals surface area (Å²) in [5.74, 6) is -0.235. The first kappa shape index (κ1) is 38.2. The van der Waals surface area contributed by atoms with Crippen LogP contribution in [0.1, 0.15) is 35.2 Å². The molecule has 2 N–H and O–H groups in total. The summed E-state index contributed by atoms with van der Waals surface area (Å²) < 4.78 is 13.6. The Morgan fingerprint density at radius 1 is 0.596 bits per heavy atom. The van der Waals surface area contributed by atoms with E-state index < -0.39 is 0 Å². The number of carbonyl (C=O) groups excluding carboxylic acids is 2. The van der Waals surface area contributed by atoms with E-state index in [2.05, 4.69) is 30.6 Å². The molecule has 4 aromatic heterocycles. The van der Waals surface area contributed by atoms with E-state index in [1.54, 1.807) is 32.4 Å². The normalized spacial score (nSPS) is 11.4. The fourth-order valence-corrected chi connectivity index (χ4v) is 6.44. The summed E-state index contributed by atoms with van der Waals surface area (Å²) in [5, 5.41) is 7.73. The van der Waals surface area contributed by atoms with Gasteiger partial charge in [-0.05, 0) is 108 Å². The third-order valence-electron chi connectivity index (χ3n) is 9.72. The molecule has 282 valence electrons. The zero-order valence-corrected chi connectivity index (χ0v) is 31.9. The SMILES string of the molecule is CNC(=O)Cc1ccc(-c2ccc3cccnc3n2)cc1.Cc1cc(-c2ccc([C@H](C)NC(=O)Cc3ccc(-c4ccc5cccnc5n4)cc3)cc2)ccc1F. The first-order valence-electron chi connectivity index (χ1n) is 18.7. The number of rotatable bonds is 9. The van der Waals surface area contributed by atoms with Crippen molar-refractivity contribution in [1.29, 1.82) is 0 Å². The van der Waals surface area contributed by atoms with Crippen LogP contribution in [0.5, 0.6) is 0 Å². The second-order valence-corrected chi connectivity index (χ2v) is 13.8. The van der Waals surface area contributed by atoms with Crippen LogP contribution in [0.3, 0.4) is 0 Å². The quantitative estimate of drug-likeness (QED) is 0.152. The molecule has 8 nitrogen and oxygen atoms in total. The predicted octanol–water partition coefficient (Wildman–Crippen LogP) is 9.42. The van der Waals surface area contributed by atoms with Crippen molar-refractivity contribution in [2.45, 2.75) is 32.7 Å². The Bertz CT molecular complexity index is 2660. The summed E-state index contributed by atoms with van der Waals surface area (Å²) in [7, 11) is 1.64. The van der Waals surface area contributed by atoms with Crippen molar-refractivity contribution in [2.24, 2.45) is 0 Å². The van der Waals surface area contributed by atoms with E-state index in [1.165, 1.54) is 6.07 Å². The van der Waals surface area contributed by atoms with E-state index in [-0.39, 0.29) is 23.7 Å². The second kappa shape index (κ2) is 17.6. The summed E-state index contributed by atoms with van der Waals surface area (Å²) >= 11 is 0. The summed E-state index contributed by atoms with van der Waals surface area (Å²) in [4.78, 5) is 41.8. The van der Waals surface area contributed by atoms with Gasteiger partial charge in [0, 0.05) is 41.3 Å². The van der Waals surface area contributed by atoms with Gasteiger partial charge in [-0.25, -0.2) is 24.3 Å². The van der Waals surface area contributed by atoms with Crippen LogP contribution >= 0.6 is 0 Å². The first-order chi connectivity index (χ1) is 27.7. The number of hydrogen-bond donors (Lipinski definition) is 2. The molecule has 0 saturated carbocycles. The first-order valence-corrected chi connectivity index (χ1v) is 18.7. The molecule has 0 aliphatic rings. The summed E-state index contributed by atoms with van der Waals surface area (Å²) in [5.41, 5.74) is 10.7. The van der Waals surface area contributed by atoms with Crippen molar-refractivity contribution in [3.05, 3.63) is 180 Å². The van der Waals surface area contributed by atoms with Gasteiger partial charge in [-0.2, -0.15) is 0 Å². The number of aryl methyl sites for hydroxylation is 1. The van der Waals surface area contributed by atoms with Crippen molar-refractivity contribution in [2.75, 3.05) is 7.05 Å². The Morgan fingerprint density at radius 3 is 1.60 bits per heavy atom. The van der Waals surface area contributed by atoms with Crippen molar-refractivity contribution in [1.82, 2.24) is 30.6 Å². The van der Waals surface area contributed by atoms with E-state index in [9.17, 15) is 14.0 Å². The molecule has 2 amide bonds. The van der Waals surface area contributed by atoms with Crippen molar-refractivity contribution in [3.8, 4) is 33.6 Å². The van der Waals surface area contributed by atoms with Gasteiger partial charge >= 0.3 is 0 Å². The lowest BCUT2D eigenvalue weighted by Gasteiger charge is -2.15. The third-order valence-corrected chi connectivity index (χ3v) is 9.72. The largest absolute Gasteiger partial charge is 0.359 e. The van der Waals surface area contributed by atoms with Gasteiger partial charge in [-0.1, -0.05) is 78.9 Å². The van der Waals surface area contributed by atoms with E-state index in [4.69, 9.17) is 0 Å². The number of hydrogen-bond acceptors (Lipinski definition) is 6. The number of likely N-dealkylation sites (N-methyl/N-ethyl adjacent to an activating group) is 1. The number of halogens is 1. The molecule has 0 aliphatic carbocycles. The van der Waals surface area contributed by atoms with Crippen molar-refractivity contribution < 1.29 is 14.0 Å². The molecule has 0 bridgehead atoms. The maximum Gasteiger partial charge on any atom is 0.224 e. The smallest absolute Gasteiger partial charge is 0.224 e. The van der Waals surface area contributed by atoms with Gasteiger partial charge < -0.3 is 10.6 Å². The third kappa shape index (κ3) is 9.58. The molecule has 8 aromatic rings. The van der Waals surface area contributed by atoms with Crippen LogP contribution in [-0.4, -0.2) is 38.8 Å².